The first kappa shape index (κ1) is 14.3. The molecule has 4 nitrogen and oxygen atoms in total. The van der Waals surface area contributed by atoms with Crippen molar-refractivity contribution in [2.45, 2.75) is 38.3 Å². The van der Waals surface area contributed by atoms with Crippen LogP contribution in [-0.2, 0) is 11.3 Å². The van der Waals surface area contributed by atoms with E-state index in [-0.39, 0.29) is 0 Å². The van der Waals surface area contributed by atoms with Crippen molar-refractivity contribution in [2.24, 2.45) is 0 Å². The van der Waals surface area contributed by atoms with Crippen LogP contribution in [0.25, 0.3) is 0 Å². The van der Waals surface area contributed by atoms with E-state index >= 15 is 0 Å². The first-order chi connectivity index (χ1) is 9.31. The molecule has 1 saturated carbocycles. The Bertz CT molecular complexity index is 360. The maximum Gasteiger partial charge on any atom is 0.128 e. The summed E-state index contributed by atoms with van der Waals surface area (Å²) in [5.74, 6) is 1.09. The van der Waals surface area contributed by atoms with Crippen molar-refractivity contribution in [3.05, 3.63) is 23.9 Å². The van der Waals surface area contributed by atoms with Crippen molar-refractivity contribution < 1.29 is 4.74 Å². The van der Waals surface area contributed by atoms with Gasteiger partial charge in [0.05, 0.1) is 6.61 Å². The Balaban J connectivity index is 1.83. The van der Waals surface area contributed by atoms with Gasteiger partial charge in [-0.05, 0) is 24.5 Å². The molecule has 1 aliphatic rings. The molecular formula is C15H25N3O. The summed E-state index contributed by atoms with van der Waals surface area (Å²) in [5, 5.41) is 3.33. The second-order valence-electron chi connectivity index (χ2n) is 5.24. The zero-order valence-electron chi connectivity index (χ0n) is 12.1. The fourth-order valence-corrected chi connectivity index (χ4v) is 2.62. The summed E-state index contributed by atoms with van der Waals surface area (Å²) >= 11 is 0. The zero-order valence-corrected chi connectivity index (χ0v) is 12.1. The summed E-state index contributed by atoms with van der Waals surface area (Å²) in [7, 11) is 3.88. The van der Waals surface area contributed by atoms with Crippen LogP contribution in [-0.4, -0.2) is 38.3 Å². The maximum atomic E-state index is 5.00. The summed E-state index contributed by atoms with van der Waals surface area (Å²) in [6.07, 6.45) is 7.30. The number of aromatic nitrogens is 1. The lowest BCUT2D eigenvalue weighted by Gasteiger charge is -2.25. The van der Waals surface area contributed by atoms with E-state index in [1.807, 2.05) is 6.20 Å². The Labute approximate surface area is 116 Å². The van der Waals surface area contributed by atoms with Crippen LogP contribution in [0.15, 0.2) is 18.3 Å². The number of anilines is 1. The molecule has 0 bridgehead atoms. The Morgan fingerprint density at radius 2 is 2.16 bits per heavy atom. The van der Waals surface area contributed by atoms with E-state index in [9.17, 15) is 0 Å². The molecule has 19 heavy (non-hydrogen) atoms. The highest BCUT2D eigenvalue weighted by Crippen LogP contribution is 2.25. The summed E-state index contributed by atoms with van der Waals surface area (Å²) in [6, 6.07) is 4.97. The lowest BCUT2D eigenvalue weighted by atomic mass is 10.2. The van der Waals surface area contributed by atoms with Gasteiger partial charge in [0, 0.05) is 39.5 Å². The predicted molar refractivity (Wildman–Crippen MR) is 78.5 cm³/mol. The standard InChI is InChI=1S/C15H25N3O/c1-18(14-5-3-4-6-14)15-8-7-13(12-17-15)11-16-9-10-19-2/h7-8,12,14,16H,3-6,9-11H2,1-2H3. The molecule has 2 rings (SSSR count). The van der Waals surface area contributed by atoms with Gasteiger partial charge in [-0.2, -0.15) is 0 Å². The van der Waals surface area contributed by atoms with Crippen LogP contribution in [0.4, 0.5) is 5.82 Å². The Hall–Kier alpha value is -1.13. The van der Waals surface area contributed by atoms with Gasteiger partial charge in [-0.25, -0.2) is 4.98 Å². The van der Waals surface area contributed by atoms with Crippen molar-refractivity contribution in [3.63, 3.8) is 0 Å². The quantitative estimate of drug-likeness (QED) is 0.765. The molecule has 0 atom stereocenters. The van der Waals surface area contributed by atoms with Gasteiger partial charge in [0.1, 0.15) is 5.82 Å². The van der Waals surface area contributed by atoms with E-state index in [2.05, 4.69) is 34.4 Å². The van der Waals surface area contributed by atoms with Gasteiger partial charge in [0.25, 0.3) is 0 Å². The predicted octanol–water partition coefficient (Wildman–Crippen LogP) is 2.20. The van der Waals surface area contributed by atoms with E-state index in [1.165, 1.54) is 31.2 Å². The Kier molecular flexibility index (Phi) is 5.61. The van der Waals surface area contributed by atoms with Crippen LogP contribution in [0.1, 0.15) is 31.2 Å². The van der Waals surface area contributed by atoms with Crippen molar-refractivity contribution in [1.82, 2.24) is 10.3 Å². The number of rotatable bonds is 7. The lowest BCUT2D eigenvalue weighted by Crippen LogP contribution is -2.29. The van der Waals surface area contributed by atoms with Crippen LogP contribution in [0.3, 0.4) is 0 Å². The number of hydrogen-bond acceptors (Lipinski definition) is 4. The van der Waals surface area contributed by atoms with Crippen molar-refractivity contribution >= 4 is 5.82 Å². The van der Waals surface area contributed by atoms with Gasteiger partial charge < -0.3 is 15.0 Å². The monoisotopic (exact) mass is 263 g/mol. The SMILES string of the molecule is COCCNCc1ccc(N(C)C2CCCC2)nc1. The third-order valence-corrected chi connectivity index (χ3v) is 3.85. The van der Waals surface area contributed by atoms with Crippen LogP contribution >= 0.6 is 0 Å². The fraction of sp³-hybridized carbons (Fsp3) is 0.667. The van der Waals surface area contributed by atoms with E-state index in [4.69, 9.17) is 4.74 Å². The molecule has 1 fully saturated rings. The van der Waals surface area contributed by atoms with Gasteiger partial charge >= 0.3 is 0 Å². The molecule has 0 spiro atoms. The molecule has 0 aliphatic heterocycles. The number of nitrogens with one attached hydrogen (secondary N) is 1. The average Bonchev–Trinajstić information content (AvgIpc) is 2.98. The van der Waals surface area contributed by atoms with Crippen LogP contribution in [0.2, 0.25) is 0 Å². The first-order valence-corrected chi connectivity index (χ1v) is 7.18. The van der Waals surface area contributed by atoms with E-state index < -0.39 is 0 Å². The third-order valence-electron chi connectivity index (χ3n) is 3.85. The summed E-state index contributed by atoms with van der Waals surface area (Å²) in [5.41, 5.74) is 1.22. The smallest absolute Gasteiger partial charge is 0.128 e. The normalized spacial score (nSPS) is 15.9. The number of hydrogen-bond donors (Lipinski definition) is 1. The minimum atomic E-state index is 0.679. The van der Waals surface area contributed by atoms with E-state index in [1.54, 1.807) is 7.11 Å². The lowest BCUT2D eigenvalue weighted by molar-refractivity contribution is 0.199. The molecule has 4 heteroatoms. The Morgan fingerprint density at radius 1 is 1.37 bits per heavy atom. The largest absolute Gasteiger partial charge is 0.383 e. The van der Waals surface area contributed by atoms with Gasteiger partial charge in [0.15, 0.2) is 0 Å². The minimum absolute atomic E-state index is 0.679. The number of ether oxygens (including phenoxy) is 1. The molecule has 0 aromatic carbocycles. The van der Waals surface area contributed by atoms with Crippen LogP contribution < -0.4 is 10.2 Å². The highest BCUT2D eigenvalue weighted by molar-refractivity contribution is 5.39. The molecule has 0 radical (unpaired) electrons. The van der Waals surface area contributed by atoms with Crippen molar-refractivity contribution in [2.75, 3.05) is 32.2 Å². The van der Waals surface area contributed by atoms with Crippen LogP contribution in [0.5, 0.6) is 0 Å². The first-order valence-electron chi connectivity index (χ1n) is 7.18. The minimum Gasteiger partial charge on any atom is -0.383 e. The molecule has 1 N–H and O–H groups in total. The van der Waals surface area contributed by atoms with Crippen LogP contribution in [0, 0.1) is 0 Å². The second-order valence-corrected chi connectivity index (χ2v) is 5.24. The summed E-state index contributed by atoms with van der Waals surface area (Å²) in [6.45, 7) is 2.47. The molecule has 0 amide bonds. The topological polar surface area (TPSA) is 37.4 Å². The molecular weight excluding hydrogens is 238 g/mol. The number of methoxy groups -OCH3 is 1. The molecule has 1 aromatic heterocycles. The third kappa shape index (κ3) is 4.18. The van der Waals surface area contributed by atoms with Gasteiger partial charge in [0.2, 0.25) is 0 Å². The molecule has 1 aliphatic carbocycles. The molecule has 0 saturated heterocycles. The van der Waals surface area contributed by atoms with E-state index in [0.717, 1.165) is 25.5 Å². The summed E-state index contributed by atoms with van der Waals surface area (Å²) < 4.78 is 5.00. The van der Waals surface area contributed by atoms with Crippen molar-refractivity contribution in [1.29, 1.82) is 0 Å². The Morgan fingerprint density at radius 3 is 2.79 bits per heavy atom. The zero-order chi connectivity index (χ0) is 13.5. The van der Waals surface area contributed by atoms with Gasteiger partial charge in [-0.3, -0.25) is 0 Å². The number of pyridine rings is 1. The molecule has 1 heterocycles. The van der Waals surface area contributed by atoms with Gasteiger partial charge in [-0.15, -0.1) is 0 Å². The average molecular weight is 263 g/mol. The highest BCUT2D eigenvalue weighted by atomic mass is 16.5. The highest BCUT2D eigenvalue weighted by Gasteiger charge is 2.20. The number of nitrogens with zero attached hydrogens (tertiary/aromatic N) is 2. The summed E-state index contributed by atoms with van der Waals surface area (Å²) in [4.78, 5) is 6.91. The fourth-order valence-electron chi connectivity index (χ4n) is 2.62. The molecule has 106 valence electrons. The van der Waals surface area contributed by atoms with Crippen molar-refractivity contribution in [3.8, 4) is 0 Å². The molecule has 0 unspecified atom stereocenters. The molecule has 1 aromatic rings. The van der Waals surface area contributed by atoms with Gasteiger partial charge in [-0.1, -0.05) is 18.9 Å². The van der Waals surface area contributed by atoms with E-state index in [0.29, 0.717) is 6.04 Å². The maximum absolute atomic E-state index is 5.00. The second kappa shape index (κ2) is 7.46.